The van der Waals surface area contributed by atoms with Gasteiger partial charge in [0.05, 0.1) is 23.8 Å². The van der Waals surface area contributed by atoms with Gasteiger partial charge in [-0.1, -0.05) is 30.3 Å². The molecule has 0 spiro atoms. The molecule has 2 aromatic carbocycles. The summed E-state index contributed by atoms with van der Waals surface area (Å²) < 4.78 is 1.67. The molecule has 0 saturated carbocycles. The number of carbonyl (C=O) groups is 2. The van der Waals surface area contributed by atoms with Gasteiger partial charge in [-0.3, -0.25) is 9.59 Å². The third-order valence-electron chi connectivity index (χ3n) is 5.26. The molecule has 148 valence electrons. The van der Waals surface area contributed by atoms with Crippen molar-refractivity contribution in [1.82, 2.24) is 14.7 Å². The SMILES string of the molecule is CC(=O)Nc1cnn(-c2ccc(C(=O)N3CCCC(c4ccccc4)C3)cc2)c1. The van der Waals surface area contributed by atoms with Crippen molar-refractivity contribution < 1.29 is 9.59 Å². The average Bonchev–Trinajstić information content (AvgIpc) is 3.22. The maximum atomic E-state index is 13.0. The first-order valence-corrected chi connectivity index (χ1v) is 9.87. The van der Waals surface area contributed by atoms with Gasteiger partial charge in [0.15, 0.2) is 0 Å². The summed E-state index contributed by atoms with van der Waals surface area (Å²) in [5.74, 6) is 0.321. The molecule has 1 aromatic heterocycles. The van der Waals surface area contributed by atoms with Gasteiger partial charge in [-0.05, 0) is 42.7 Å². The fourth-order valence-corrected chi connectivity index (χ4v) is 3.83. The Balaban J connectivity index is 1.45. The molecule has 6 heteroatoms. The molecule has 2 amide bonds. The van der Waals surface area contributed by atoms with Crippen LogP contribution in [0.2, 0.25) is 0 Å². The summed E-state index contributed by atoms with van der Waals surface area (Å²) in [4.78, 5) is 26.1. The van der Waals surface area contributed by atoms with E-state index >= 15 is 0 Å². The van der Waals surface area contributed by atoms with Crippen LogP contribution in [0.1, 0.15) is 41.6 Å². The molecule has 0 radical (unpaired) electrons. The smallest absolute Gasteiger partial charge is 0.253 e. The highest BCUT2D eigenvalue weighted by Crippen LogP contribution is 2.27. The number of rotatable bonds is 4. The largest absolute Gasteiger partial charge is 0.338 e. The normalized spacial score (nSPS) is 16.4. The predicted octanol–water partition coefficient (Wildman–Crippen LogP) is 3.85. The number of hydrogen-bond acceptors (Lipinski definition) is 3. The van der Waals surface area contributed by atoms with Gasteiger partial charge in [0.25, 0.3) is 5.91 Å². The minimum atomic E-state index is -0.138. The van der Waals surface area contributed by atoms with Crippen molar-refractivity contribution in [1.29, 1.82) is 0 Å². The number of piperidine rings is 1. The molecule has 1 fully saturated rings. The number of hydrogen-bond donors (Lipinski definition) is 1. The Kier molecular flexibility index (Phi) is 5.42. The Morgan fingerprint density at radius 3 is 2.55 bits per heavy atom. The maximum absolute atomic E-state index is 13.0. The van der Waals surface area contributed by atoms with E-state index in [-0.39, 0.29) is 11.8 Å². The summed E-state index contributed by atoms with van der Waals surface area (Å²) in [7, 11) is 0. The first kappa shape index (κ1) is 18.9. The Morgan fingerprint density at radius 1 is 1.07 bits per heavy atom. The van der Waals surface area contributed by atoms with Gasteiger partial charge in [0.1, 0.15) is 0 Å². The molecule has 1 atom stereocenters. The van der Waals surface area contributed by atoms with E-state index in [9.17, 15) is 9.59 Å². The van der Waals surface area contributed by atoms with E-state index in [4.69, 9.17) is 0 Å². The monoisotopic (exact) mass is 388 g/mol. The molecule has 1 unspecified atom stereocenters. The topological polar surface area (TPSA) is 67.2 Å². The van der Waals surface area contributed by atoms with E-state index in [0.29, 0.717) is 17.2 Å². The van der Waals surface area contributed by atoms with Crippen molar-refractivity contribution in [3.63, 3.8) is 0 Å². The van der Waals surface area contributed by atoms with E-state index in [0.717, 1.165) is 31.6 Å². The Labute approximate surface area is 170 Å². The first-order valence-electron chi connectivity index (χ1n) is 9.87. The second kappa shape index (κ2) is 8.31. The molecular formula is C23H24N4O2. The van der Waals surface area contributed by atoms with Gasteiger partial charge in [-0.25, -0.2) is 4.68 Å². The molecular weight excluding hydrogens is 364 g/mol. The third kappa shape index (κ3) is 4.37. The third-order valence-corrected chi connectivity index (χ3v) is 5.26. The van der Waals surface area contributed by atoms with Crippen LogP contribution in [0.5, 0.6) is 0 Å². The number of nitrogens with zero attached hydrogens (tertiary/aromatic N) is 3. The average molecular weight is 388 g/mol. The van der Waals surface area contributed by atoms with E-state index < -0.39 is 0 Å². The minimum absolute atomic E-state index is 0.0663. The zero-order chi connectivity index (χ0) is 20.2. The lowest BCUT2D eigenvalue weighted by Crippen LogP contribution is -2.39. The summed E-state index contributed by atoms with van der Waals surface area (Å²) >= 11 is 0. The van der Waals surface area contributed by atoms with E-state index in [1.165, 1.54) is 12.5 Å². The van der Waals surface area contributed by atoms with Gasteiger partial charge >= 0.3 is 0 Å². The molecule has 0 bridgehead atoms. The van der Waals surface area contributed by atoms with Crippen LogP contribution in [0.3, 0.4) is 0 Å². The van der Waals surface area contributed by atoms with Crippen LogP contribution >= 0.6 is 0 Å². The predicted molar refractivity (Wildman–Crippen MR) is 112 cm³/mol. The summed E-state index contributed by atoms with van der Waals surface area (Å²) in [5.41, 5.74) is 3.45. The summed E-state index contributed by atoms with van der Waals surface area (Å²) in [6, 6.07) is 17.8. The van der Waals surface area contributed by atoms with Crippen LogP contribution < -0.4 is 5.32 Å². The van der Waals surface area contributed by atoms with Crippen molar-refractivity contribution in [3.05, 3.63) is 78.1 Å². The van der Waals surface area contributed by atoms with E-state index in [1.54, 1.807) is 17.1 Å². The lowest BCUT2D eigenvalue weighted by atomic mass is 9.90. The molecule has 0 aliphatic carbocycles. The number of benzene rings is 2. The Hall–Kier alpha value is -3.41. The quantitative estimate of drug-likeness (QED) is 0.738. The number of likely N-dealkylation sites (tertiary alicyclic amines) is 1. The van der Waals surface area contributed by atoms with Crippen molar-refractivity contribution in [2.75, 3.05) is 18.4 Å². The van der Waals surface area contributed by atoms with Gasteiger partial charge in [0, 0.05) is 31.5 Å². The number of nitrogens with one attached hydrogen (secondary N) is 1. The second-order valence-corrected chi connectivity index (χ2v) is 7.40. The molecule has 29 heavy (non-hydrogen) atoms. The van der Waals surface area contributed by atoms with Crippen LogP contribution in [0.4, 0.5) is 5.69 Å². The lowest BCUT2D eigenvalue weighted by Gasteiger charge is -2.33. The van der Waals surface area contributed by atoms with E-state index in [1.807, 2.05) is 35.2 Å². The van der Waals surface area contributed by atoms with Crippen LogP contribution in [0.15, 0.2) is 67.0 Å². The molecule has 2 heterocycles. The molecule has 1 N–H and O–H groups in total. The molecule has 1 aliphatic rings. The van der Waals surface area contributed by atoms with Gasteiger partial charge in [0.2, 0.25) is 5.91 Å². The number of amides is 2. The fourth-order valence-electron chi connectivity index (χ4n) is 3.83. The summed E-state index contributed by atoms with van der Waals surface area (Å²) in [6.45, 7) is 3.01. The Bertz CT molecular complexity index is 995. The zero-order valence-corrected chi connectivity index (χ0v) is 16.4. The maximum Gasteiger partial charge on any atom is 0.253 e. The van der Waals surface area contributed by atoms with E-state index in [2.05, 4.69) is 34.7 Å². The fraction of sp³-hybridized carbons (Fsp3) is 0.261. The number of aromatic nitrogens is 2. The van der Waals surface area contributed by atoms with Crippen LogP contribution in [0, 0.1) is 0 Å². The number of carbonyl (C=O) groups excluding carboxylic acids is 2. The van der Waals surface area contributed by atoms with Crippen molar-refractivity contribution in [3.8, 4) is 5.69 Å². The summed E-state index contributed by atoms with van der Waals surface area (Å²) in [6.07, 6.45) is 5.47. The highest BCUT2D eigenvalue weighted by molar-refractivity contribution is 5.94. The molecule has 1 aliphatic heterocycles. The molecule has 6 nitrogen and oxygen atoms in total. The van der Waals surface area contributed by atoms with Gasteiger partial charge in [-0.15, -0.1) is 0 Å². The molecule has 1 saturated heterocycles. The zero-order valence-electron chi connectivity index (χ0n) is 16.4. The first-order chi connectivity index (χ1) is 14.1. The number of anilines is 1. The minimum Gasteiger partial charge on any atom is -0.338 e. The van der Waals surface area contributed by atoms with Crippen LogP contribution in [0.25, 0.3) is 5.69 Å². The van der Waals surface area contributed by atoms with Crippen LogP contribution in [-0.4, -0.2) is 39.6 Å². The lowest BCUT2D eigenvalue weighted by molar-refractivity contribution is -0.114. The van der Waals surface area contributed by atoms with Crippen molar-refractivity contribution in [2.45, 2.75) is 25.7 Å². The van der Waals surface area contributed by atoms with Gasteiger partial charge < -0.3 is 10.2 Å². The van der Waals surface area contributed by atoms with Crippen LogP contribution in [-0.2, 0) is 4.79 Å². The molecule has 3 aromatic rings. The highest BCUT2D eigenvalue weighted by atomic mass is 16.2. The summed E-state index contributed by atoms with van der Waals surface area (Å²) in [5, 5.41) is 6.96. The standard InChI is InChI=1S/C23H24N4O2/c1-17(28)25-21-14-24-27(16-21)22-11-9-19(10-12-22)23(29)26-13-5-8-20(15-26)18-6-3-2-4-7-18/h2-4,6-7,9-12,14,16,20H,5,8,13,15H2,1H3,(H,25,28). The van der Waals surface area contributed by atoms with Crippen molar-refractivity contribution >= 4 is 17.5 Å². The highest BCUT2D eigenvalue weighted by Gasteiger charge is 2.25. The molecule has 4 rings (SSSR count). The van der Waals surface area contributed by atoms with Gasteiger partial charge in [-0.2, -0.15) is 5.10 Å². The van der Waals surface area contributed by atoms with Crippen molar-refractivity contribution in [2.24, 2.45) is 0 Å². The Morgan fingerprint density at radius 2 is 1.83 bits per heavy atom. The second-order valence-electron chi connectivity index (χ2n) is 7.40.